The lowest BCUT2D eigenvalue weighted by molar-refractivity contribution is 0.396. The number of ether oxygens (including phenoxy) is 1. The molecule has 0 radical (unpaired) electrons. The van der Waals surface area contributed by atoms with Crippen molar-refractivity contribution in [1.29, 1.82) is 0 Å². The fraction of sp³-hybridized carbons (Fsp3) is 0.444. The maximum atomic E-state index is 5.93. The van der Waals surface area contributed by atoms with Gasteiger partial charge < -0.3 is 10.5 Å². The summed E-state index contributed by atoms with van der Waals surface area (Å²) in [6, 6.07) is 3.54. The van der Waals surface area contributed by atoms with E-state index < -0.39 is 0 Å². The molecular weight excluding hydrogens is 188 g/mol. The molecule has 3 nitrogen and oxygen atoms in total. The van der Waals surface area contributed by atoms with Gasteiger partial charge in [-0.05, 0) is 25.5 Å². The number of aromatic nitrogens is 1. The summed E-state index contributed by atoms with van der Waals surface area (Å²) in [5.74, 6) is 0.594. The van der Waals surface area contributed by atoms with Gasteiger partial charge >= 0.3 is 0 Å². The van der Waals surface area contributed by atoms with E-state index in [1.54, 1.807) is 19.2 Å². The second-order valence-electron chi connectivity index (χ2n) is 2.67. The zero-order valence-corrected chi connectivity index (χ0v) is 8.34. The quantitative estimate of drug-likeness (QED) is 0.804. The van der Waals surface area contributed by atoms with Crippen molar-refractivity contribution in [3.8, 4) is 5.88 Å². The van der Waals surface area contributed by atoms with Gasteiger partial charge in [0.05, 0.1) is 17.8 Å². The summed E-state index contributed by atoms with van der Waals surface area (Å²) >= 11 is 5.93. The molecule has 13 heavy (non-hydrogen) atoms. The van der Waals surface area contributed by atoms with Crippen LogP contribution < -0.4 is 10.5 Å². The lowest BCUT2D eigenvalue weighted by Gasteiger charge is -2.04. The van der Waals surface area contributed by atoms with Gasteiger partial charge in [-0.3, -0.25) is 0 Å². The minimum atomic E-state index is 0.594. The summed E-state index contributed by atoms with van der Waals surface area (Å²) in [7, 11) is 1.59. The predicted molar refractivity (Wildman–Crippen MR) is 53.2 cm³/mol. The van der Waals surface area contributed by atoms with E-state index in [1.165, 1.54) is 0 Å². The first kappa shape index (κ1) is 10.3. The van der Waals surface area contributed by atoms with Crippen LogP contribution in [0.5, 0.6) is 5.88 Å². The van der Waals surface area contributed by atoms with Crippen molar-refractivity contribution in [2.75, 3.05) is 13.7 Å². The molecule has 0 atom stereocenters. The zero-order valence-electron chi connectivity index (χ0n) is 7.59. The fourth-order valence-electron chi connectivity index (χ4n) is 1.02. The van der Waals surface area contributed by atoms with Crippen molar-refractivity contribution < 1.29 is 4.74 Å². The molecule has 1 aromatic heterocycles. The molecule has 0 bridgehead atoms. The highest BCUT2D eigenvalue weighted by atomic mass is 35.5. The number of pyridine rings is 1. The SMILES string of the molecule is COc1ccc(Cl)c(CCCN)n1. The van der Waals surface area contributed by atoms with Gasteiger partial charge in [-0.2, -0.15) is 0 Å². The minimum Gasteiger partial charge on any atom is -0.481 e. The Bertz CT molecular complexity index is 278. The van der Waals surface area contributed by atoms with Crippen molar-refractivity contribution in [3.63, 3.8) is 0 Å². The van der Waals surface area contributed by atoms with E-state index in [-0.39, 0.29) is 0 Å². The Labute approximate surface area is 82.9 Å². The number of hydrogen-bond donors (Lipinski definition) is 1. The summed E-state index contributed by atoms with van der Waals surface area (Å²) in [5.41, 5.74) is 6.25. The average Bonchev–Trinajstić information content (AvgIpc) is 2.17. The number of rotatable bonds is 4. The maximum absolute atomic E-state index is 5.93. The number of methoxy groups -OCH3 is 1. The molecule has 1 heterocycles. The molecule has 0 spiro atoms. The molecule has 0 aliphatic carbocycles. The van der Waals surface area contributed by atoms with Crippen LogP contribution in [0.3, 0.4) is 0 Å². The zero-order chi connectivity index (χ0) is 9.68. The lowest BCUT2D eigenvalue weighted by Crippen LogP contribution is -2.02. The van der Waals surface area contributed by atoms with E-state index in [0.29, 0.717) is 17.4 Å². The van der Waals surface area contributed by atoms with Gasteiger partial charge in [-0.25, -0.2) is 4.98 Å². The summed E-state index contributed by atoms with van der Waals surface area (Å²) in [6.45, 7) is 0.648. The van der Waals surface area contributed by atoms with E-state index >= 15 is 0 Å². The molecule has 0 saturated carbocycles. The molecule has 0 unspecified atom stereocenters. The molecule has 0 aliphatic rings. The number of hydrogen-bond acceptors (Lipinski definition) is 3. The third-order valence-corrected chi connectivity index (χ3v) is 2.06. The predicted octanol–water partition coefficient (Wildman–Crippen LogP) is 1.63. The Balaban J connectivity index is 2.78. The number of aryl methyl sites for hydroxylation is 1. The molecular formula is C9H13ClN2O. The smallest absolute Gasteiger partial charge is 0.213 e. The van der Waals surface area contributed by atoms with E-state index in [2.05, 4.69) is 4.98 Å². The van der Waals surface area contributed by atoms with Crippen molar-refractivity contribution >= 4 is 11.6 Å². The van der Waals surface area contributed by atoms with Gasteiger partial charge in [0.1, 0.15) is 0 Å². The van der Waals surface area contributed by atoms with E-state index in [4.69, 9.17) is 22.1 Å². The van der Waals surface area contributed by atoms with Crippen LogP contribution in [0.15, 0.2) is 12.1 Å². The first-order valence-corrected chi connectivity index (χ1v) is 4.55. The molecule has 1 aromatic rings. The van der Waals surface area contributed by atoms with Crippen LogP contribution in [-0.4, -0.2) is 18.6 Å². The van der Waals surface area contributed by atoms with Crippen LogP contribution in [-0.2, 0) is 6.42 Å². The second-order valence-corrected chi connectivity index (χ2v) is 3.08. The molecule has 0 fully saturated rings. The summed E-state index contributed by atoms with van der Waals surface area (Å²) in [5, 5.41) is 0.675. The average molecular weight is 201 g/mol. The molecule has 4 heteroatoms. The van der Waals surface area contributed by atoms with E-state index in [1.807, 2.05) is 0 Å². The highest BCUT2D eigenvalue weighted by Gasteiger charge is 2.03. The molecule has 0 aromatic carbocycles. The molecule has 0 saturated heterocycles. The molecule has 72 valence electrons. The summed E-state index contributed by atoms with van der Waals surface area (Å²) < 4.78 is 4.99. The first-order chi connectivity index (χ1) is 6.27. The van der Waals surface area contributed by atoms with Crippen molar-refractivity contribution in [2.45, 2.75) is 12.8 Å². The maximum Gasteiger partial charge on any atom is 0.213 e. The van der Waals surface area contributed by atoms with Crippen molar-refractivity contribution in [2.24, 2.45) is 5.73 Å². The highest BCUT2D eigenvalue weighted by Crippen LogP contribution is 2.18. The number of halogens is 1. The largest absolute Gasteiger partial charge is 0.481 e. The van der Waals surface area contributed by atoms with Gasteiger partial charge in [0.2, 0.25) is 5.88 Å². The Hall–Kier alpha value is -0.800. The fourth-order valence-corrected chi connectivity index (χ4v) is 1.22. The lowest BCUT2D eigenvalue weighted by atomic mass is 10.2. The van der Waals surface area contributed by atoms with Crippen molar-refractivity contribution in [1.82, 2.24) is 4.98 Å². The Morgan fingerprint density at radius 2 is 2.31 bits per heavy atom. The van der Waals surface area contributed by atoms with Gasteiger partial charge in [-0.1, -0.05) is 11.6 Å². The normalized spacial score (nSPS) is 10.1. The number of nitrogens with zero attached hydrogens (tertiary/aromatic N) is 1. The first-order valence-electron chi connectivity index (χ1n) is 4.17. The Kier molecular flexibility index (Phi) is 3.99. The third kappa shape index (κ3) is 2.86. The Morgan fingerprint density at radius 1 is 1.54 bits per heavy atom. The standard InChI is InChI=1S/C9H13ClN2O/c1-13-9-5-4-7(10)8(12-9)3-2-6-11/h4-5H,2-3,6,11H2,1H3. The van der Waals surface area contributed by atoms with Gasteiger partial charge in [0, 0.05) is 6.07 Å². The topological polar surface area (TPSA) is 48.1 Å². The minimum absolute atomic E-state index is 0.594. The van der Waals surface area contributed by atoms with Crippen molar-refractivity contribution in [3.05, 3.63) is 22.8 Å². The van der Waals surface area contributed by atoms with Crippen LogP contribution in [0, 0.1) is 0 Å². The summed E-state index contributed by atoms with van der Waals surface area (Å²) in [4.78, 5) is 4.22. The Morgan fingerprint density at radius 3 is 2.92 bits per heavy atom. The van der Waals surface area contributed by atoms with Gasteiger partial charge in [0.15, 0.2) is 0 Å². The van der Waals surface area contributed by atoms with E-state index in [0.717, 1.165) is 18.5 Å². The van der Waals surface area contributed by atoms with Gasteiger partial charge in [-0.15, -0.1) is 0 Å². The second kappa shape index (κ2) is 5.04. The molecule has 1 rings (SSSR count). The number of nitrogens with two attached hydrogens (primary N) is 1. The van der Waals surface area contributed by atoms with E-state index in [9.17, 15) is 0 Å². The van der Waals surface area contributed by atoms with Crippen LogP contribution in [0.1, 0.15) is 12.1 Å². The molecule has 0 amide bonds. The molecule has 0 aliphatic heterocycles. The molecule has 2 N–H and O–H groups in total. The monoisotopic (exact) mass is 200 g/mol. The van der Waals surface area contributed by atoms with Gasteiger partial charge in [0.25, 0.3) is 0 Å². The van der Waals surface area contributed by atoms with Crippen LogP contribution in [0.25, 0.3) is 0 Å². The van der Waals surface area contributed by atoms with Crippen LogP contribution in [0.2, 0.25) is 5.02 Å². The van der Waals surface area contributed by atoms with Crippen LogP contribution in [0.4, 0.5) is 0 Å². The third-order valence-electron chi connectivity index (χ3n) is 1.72. The highest BCUT2D eigenvalue weighted by molar-refractivity contribution is 6.31. The van der Waals surface area contributed by atoms with Crippen LogP contribution >= 0.6 is 11.6 Å². The summed E-state index contributed by atoms with van der Waals surface area (Å²) in [6.07, 6.45) is 1.69.